The van der Waals surface area contributed by atoms with Crippen molar-refractivity contribution in [1.29, 1.82) is 0 Å². The fraction of sp³-hybridized carbons (Fsp3) is 0.286. The second kappa shape index (κ2) is 9.79. The summed E-state index contributed by atoms with van der Waals surface area (Å²) in [6.45, 7) is 6.32. The second-order valence-electron chi connectivity index (χ2n) is 8.33. The van der Waals surface area contributed by atoms with Crippen molar-refractivity contribution in [3.8, 4) is 22.6 Å². The Morgan fingerprint density at radius 1 is 0.970 bits per heavy atom. The number of fused-ring (bicyclic) bond motifs is 3. The molecule has 1 aliphatic carbocycles. The van der Waals surface area contributed by atoms with E-state index in [4.69, 9.17) is 14.2 Å². The summed E-state index contributed by atoms with van der Waals surface area (Å²) < 4.78 is 17.9. The quantitative estimate of drug-likeness (QED) is 0.504. The first-order valence-corrected chi connectivity index (χ1v) is 11.6. The van der Waals surface area contributed by atoms with Crippen LogP contribution in [0.3, 0.4) is 0 Å². The van der Waals surface area contributed by atoms with Crippen LogP contribution in [0.15, 0.2) is 72.8 Å². The predicted molar refractivity (Wildman–Crippen MR) is 131 cm³/mol. The van der Waals surface area contributed by atoms with Crippen LogP contribution in [0.4, 0.5) is 0 Å². The van der Waals surface area contributed by atoms with E-state index in [1.165, 1.54) is 22.3 Å². The highest BCUT2D eigenvalue weighted by atomic mass is 16.6. The first-order chi connectivity index (χ1) is 16.3. The molecule has 1 fully saturated rings. The van der Waals surface area contributed by atoms with Crippen LogP contribution < -0.4 is 14.9 Å². The standard InChI is InChI=1S/C28H30N2O3/c1-3-9-20-14-15-26(31-4-2)27(16-20)32-18-21-17-30(19-33-21)29-28-24-12-7-5-10-22(24)23-11-6-8-13-25(23)28/h3,5-16,21,28-29H,4,17-19H2,1-2H3/b9-3+. The molecule has 0 amide bonds. The topological polar surface area (TPSA) is 43.0 Å². The van der Waals surface area contributed by atoms with Gasteiger partial charge in [0.05, 0.1) is 12.6 Å². The molecule has 1 unspecified atom stereocenters. The maximum atomic E-state index is 6.15. The SMILES string of the molecule is C/C=C/c1ccc(OCC)c(OCC2CN(NC3c4ccccc4-c4ccccc43)CO2)c1. The molecule has 2 aliphatic rings. The fourth-order valence-electron chi connectivity index (χ4n) is 4.61. The molecule has 0 aromatic heterocycles. The van der Waals surface area contributed by atoms with E-state index in [0.29, 0.717) is 19.9 Å². The molecular weight excluding hydrogens is 412 g/mol. The summed E-state index contributed by atoms with van der Waals surface area (Å²) in [4.78, 5) is 0. The van der Waals surface area contributed by atoms with Gasteiger partial charge in [-0.3, -0.25) is 0 Å². The molecule has 5 heteroatoms. The highest BCUT2D eigenvalue weighted by Crippen LogP contribution is 2.43. The lowest BCUT2D eigenvalue weighted by molar-refractivity contribution is 0.0479. The van der Waals surface area contributed by atoms with Gasteiger partial charge in [-0.15, -0.1) is 0 Å². The normalized spacial score (nSPS) is 17.9. The highest BCUT2D eigenvalue weighted by molar-refractivity contribution is 5.78. The van der Waals surface area contributed by atoms with E-state index in [0.717, 1.165) is 23.6 Å². The Morgan fingerprint density at radius 3 is 2.39 bits per heavy atom. The van der Waals surface area contributed by atoms with E-state index in [9.17, 15) is 0 Å². The number of nitrogens with zero attached hydrogens (tertiary/aromatic N) is 1. The molecule has 1 heterocycles. The largest absolute Gasteiger partial charge is 0.490 e. The molecule has 170 valence electrons. The number of hydrogen-bond donors (Lipinski definition) is 1. The molecule has 1 aliphatic heterocycles. The molecule has 3 aromatic carbocycles. The third-order valence-corrected chi connectivity index (χ3v) is 6.09. The van der Waals surface area contributed by atoms with E-state index in [2.05, 4.69) is 65.0 Å². The Morgan fingerprint density at radius 2 is 1.70 bits per heavy atom. The highest BCUT2D eigenvalue weighted by Gasteiger charge is 2.32. The van der Waals surface area contributed by atoms with Crippen LogP contribution in [0.5, 0.6) is 11.5 Å². The number of benzene rings is 3. The summed E-state index contributed by atoms with van der Waals surface area (Å²) in [5, 5.41) is 2.15. The van der Waals surface area contributed by atoms with Gasteiger partial charge in [-0.1, -0.05) is 66.7 Å². The van der Waals surface area contributed by atoms with Crippen LogP contribution in [0.1, 0.15) is 36.6 Å². The average molecular weight is 443 g/mol. The third-order valence-electron chi connectivity index (χ3n) is 6.09. The molecule has 0 saturated carbocycles. The summed E-state index contributed by atoms with van der Waals surface area (Å²) in [5.41, 5.74) is 10.00. The third kappa shape index (κ3) is 4.53. The van der Waals surface area contributed by atoms with Gasteiger partial charge >= 0.3 is 0 Å². The first kappa shape index (κ1) is 21.7. The lowest BCUT2D eigenvalue weighted by atomic mass is 10.1. The van der Waals surface area contributed by atoms with Gasteiger partial charge in [0, 0.05) is 6.54 Å². The molecular formula is C28H30N2O3. The zero-order valence-corrected chi connectivity index (χ0v) is 19.2. The monoisotopic (exact) mass is 442 g/mol. The van der Waals surface area contributed by atoms with Crippen LogP contribution in [0, 0.1) is 0 Å². The van der Waals surface area contributed by atoms with E-state index in [1.807, 2.05) is 38.1 Å². The Balaban J connectivity index is 1.24. The average Bonchev–Trinajstić information content (AvgIpc) is 3.43. The smallest absolute Gasteiger partial charge is 0.161 e. The van der Waals surface area contributed by atoms with Crippen LogP contribution >= 0.6 is 0 Å². The van der Waals surface area contributed by atoms with Crippen molar-refractivity contribution < 1.29 is 14.2 Å². The maximum Gasteiger partial charge on any atom is 0.161 e. The van der Waals surface area contributed by atoms with E-state index >= 15 is 0 Å². The zero-order chi connectivity index (χ0) is 22.6. The Hall–Kier alpha value is -3.12. The molecule has 5 rings (SSSR count). The van der Waals surface area contributed by atoms with Crippen LogP contribution in [0.25, 0.3) is 17.2 Å². The molecule has 33 heavy (non-hydrogen) atoms. The van der Waals surface area contributed by atoms with Crippen molar-refractivity contribution in [2.75, 3.05) is 26.5 Å². The van der Waals surface area contributed by atoms with Crippen molar-refractivity contribution in [3.05, 3.63) is 89.5 Å². The molecule has 0 spiro atoms. The van der Waals surface area contributed by atoms with Crippen molar-refractivity contribution in [2.45, 2.75) is 26.0 Å². The maximum absolute atomic E-state index is 6.15. The van der Waals surface area contributed by atoms with Gasteiger partial charge in [0.15, 0.2) is 11.5 Å². The van der Waals surface area contributed by atoms with Crippen molar-refractivity contribution >= 4 is 6.08 Å². The van der Waals surface area contributed by atoms with Gasteiger partial charge in [0.25, 0.3) is 0 Å². The molecule has 3 aromatic rings. The fourth-order valence-corrected chi connectivity index (χ4v) is 4.61. The van der Waals surface area contributed by atoms with Crippen LogP contribution in [-0.2, 0) is 4.74 Å². The minimum Gasteiger partial charge on any atom is -0.490 e. The number of hydrazine groups is 1. The number of rotatable bonds is 8. The number of nitrogens with one attached hydrogen (secondary N) is 1. The van der Waals surface area contributed by atoms with Gasteiger partial charge in [0.1, 0.15) is 19.4 Å². The Bertz CT molecular complexity index is 1100. The number of allylic oxidation sites excluding steroid dienone is 1. The van der Waals surface area contributed by atoms with Gasteiger partial charge in [-0.05, 0) is 53.8 Å². The van der Waals surface area contributed by atoms with Gasteiger partial charge in [0.2, 0.25) is 0 Å². The predicted octanol–water partition coefficient (Wildman–Crippen LogP) is 5.43. The lowest BCUT2D eigenvalue weighted by Crippen LogP contribution is -2.39. The first-order valence-electron chi connectivity index (χ1n) is 11.6. The number of ether oxygens (including phenoxy) is 3. The lowest BCUT2D eigenvalue weighted by Gasteiger charge is -2.23. The van der Waals surface area contributed by atoms with Crippen LogP contribution in [0.2, 0.25) is 0 Å². The number of hydrogen-bond acceptors (Lipinski definition) is 5. The second-order valence-corrected chi connectivity index (χ2v) is 8.33. The Kier molecular flexibility index (Phi) is 6.44. The minimum absolute atomic E-state index is 0.0239. The van der Waals surface area contributed by atoms with Crippen molar-refractivity contribution in [3.63, 3.8) is 0 Å². The van der Waals surface area contributed by atoms with Crippen molar-refractivity contribution in [1.82, 2.24) is 10.4 Å². The summed E-state index contributed by atoms with van der Waals surface area (Å²) in [6.07, 6.45) is 4.05. The summed E-state index contributed by atoms with van der Waals surface area (Å²) in [5.74, 6) is 1.51. The van der Waals surface area contributed by atoms with Gasteiger partial charge in [-0.25, -0.2) is 10.4 Å². The summed E-state index contributed by atoms with van der Waals surface area (Å²) in [6, 6.07) is 23.4. The molecule has 1 N–H and O–H groups in total. The molecule has 5 nitrogen and oxygen atoms in total. The summed E-state index contributed by atoms with van der Waals surface area (Å²) in [7, 11) is 0. The van der Waals surface area contributed by atoms with Crippen molar-refractivity contribution in [2.24, 2.45) is 0 Å². The molecule has 1 saturated heterocycles. The zero-order valence-electron chi connectivity index (χ0n) is 19.2. The van der Waals surface area contributed by atoms with E-state index < -0.39 is 0 Å². The van der Waals surface area contributed by atoms with E-state index in [1.54, 1.807) is 0 Å². The summed E-state index contributed by atoms with van der Waals surface area (Å²) >= 11 is 0. The van der Waals surface area contributed by atoms with Gasteiger partial charge < -0.3 is 14.2 Å². The molecule has 0 bridgehead atoms. The minimum atomic E-state index is -0.0239. The molecule has 1 atom stereocenters. The Labute approximate surface area is 195 Å². The van der Waals surface area contributed by atoms with E-state index in [-0.39, 0.29) is 12.1 Å². The van der Waals surface area contributed by atoms with Crippen LogP contribution in [-0.4, -0.2) is 37.6 Å². The van der Waals surface area contributed by atoms with Gasteiger partial charge in [-0.2, -0.15) is 0 Å². The molecule has 0 radical (unpaired) electrons.